The van der Waals surface area contributed by atoms with Gasteiger partial charge in [-0.2, -0.15) is 0 Å². The van der Waals surface area contributed by atoms with Crippen molar-refractivity contribution in [2.45, 2.75) is 32.5 Å². The Labute approximate surface area is 132 Å². The zero-order chi connectivity index (χ0) is 13.9. The van der Waals surface area contributed by atoms with Gasteiger partial charge in [0.1, 0.15) is 0 Å². The van der Waals surface area contributed by atoms with E-state index in [9.17, 15) is 0 Å². The molecule has 1 unspecified atom stereocenters. The van der Waals surface area contributed by atoms with E-state index in [-0.39, 0.29) is 0 Å². The number of fused-ring (bicyclic) bond motifs is 1. The molecule has 0 amide bonds. The van der Waals surface area contributed by atoms with Crippen LogP contribution >= 0.6 is 27.3 Å². The molecule has 0 fully saturated rings. The molecule has 1 aromatic carbocycles. The first kappa shape index (κ1) is 14.1. The number of halogens is 1. The van der Waals surface area contributed by atoms with Gasteiger partial charge in [-0.1, -0.05) is 25.1 Å². The summed E-state index contributed by atoms with van der Waals surface area (Å²) < 4.78 is 1.19. The summed E-state index contributed by atoms with van der Waals surface area (Å²) in [5.41, 5.74) is 2.78. The van der Waals surface area contributed by atoms with Crippen molar-refractivity contribution in [2.75, 3.05) is 11.4 Å². The number of rotatable bonds is 3. The van der Waals surface area contributed by atoms with E-state index in [1.54, 1.807) is 0 Å². The molecule has 0 saturated heterocycles. The zero-order valence-corrected chi connectivity index (χ0v) is 14.0. The quantitative estimate of drug-likeness (QED) is 0.882. The average molecular weight is 351 g/mol. The summed E-state index contributed by atoms with van der Waals surface area (Å²) in [5, 5.41) is 5.82. The minimum atomic E-state index is 0.561. The van der Waals surface area contributed by atoms with E-state index >= 15 is 0 Å². The molecule has 1 atom stereocenters. The summed E-state index contributed by atoms with van der Waals surface area (Å²) in [7, 11) is 0. The Bertz CT molecular complexity index is 581. The van der Waals surface area contributed by atoms with Crippen LogP contribution in [0, 0.1) is 0 Å². The fraction of sp³-hybridized carbons (Fsp3) is 0.375. The van der Waals surface area contributed by atoms with Crippen molar-refractivity contribution < 1.29 is 0 Å². The summed E-state index contributed by atoms with van der Waals surface area (Å²) >= 11 is 5.37. The van der Waals surface area contributed by atoms with Gasteiger partial charge in [0.15, 0.2) is 0 Å². The van der Waals surface area contributed by atoms with Gasteiger partial charge in [-0.3, -0.25) is 0 Å². The number of nitrogens with one attached hydrogen (secondary N) is 1. The summed E-state index contributed by atoms with van der Waals surface area (Å²) in [6, 6.07) is 11.5. The second-order valence-corrected chi connectivity index (χ2v) is 7.14. The smallest absolute Gasteiger partial charge is 0.0524 e. The first-order chi connectivity index (χ1) is 9.76. The Kier molecular flexibility index (Phi) is 4.44. The summed E-state index contributed by atoms with van der Waals surface area (Å²) in [6.07, 6.45) is 1.17. The highest BCUT2D eigenvalue weighted by Gasteiger charge is 2.20. The largest absolute Gasteiger partial charge is 0.365 e. The fourth-order valence-corrected chi connectivity index (χ4v) is 4.17. The van der Waals surface area contributed by atoms with Gasteiger partial charge in [-0.15, -0.1) is 11.3 Å². The van der Waals surface area contributed by atoms with Crippen molar-refractivity contribution in [1.82, 2.24) is 5.32 Å². The van der Waals surface area contributed by atoms with Crippen LogP contribution in [0.1, 0.15) is 23.8 Å². The minimum Gasteiger partial charge on any atom is -0.365 e. The molecule has 1 aromatic heterocycles. The van der Waals surface area contributed by atoms with Crippen LogP contribution in [0.15, 0.2) is 40.2 Å². The number of para-hydroxylation sites is 1. The van der Waals surface area contributed by atoms with E-state index in [4.69, 9.17) is 0 Å². The highest BCUT2D eigenvalue weighted by Crippen LogP contribution is 2.28. The van der Waals surface area contributed by atoms with Crippen LogP contribution in [0.25, 0.3) is 0 Å². The molecule has 0 spiro atoms. The minimum absolute atomic E-state index is 0.561. The first-order valence-electron chi connectivity index (χ1n) is 7.05. The van der Waals surface area contributed by atoms with Gasteiger partial charge >= 0.3 is 0 Å². The van der Waals surface area contributed by atoms with Crippen molar-refractivity contribution in [3.05, 3.63) is 50.6 Å². The van der Waals surface area contributed by atoms with E-state index in [1.807, 2.05) is 11.3 Å². The third-order valence-corrected chi connectivity index (χ3v) is 5.50. The lowest BCUT2D eigenvalue weighted by Gasteiger charge is -2.26. The lowest BCUT2D eigenvalue weighted by Crippen LogP contribution is -2.37. The van der Waals surface area contributed by atoms with Gasteiger partial charge in [0, 0.05) is 39.5 Å². The number of anilines is 1. The maximum Gasteiger partial charge on any atom is 0.0524 e. The molecule has 0 bridgehead atoms. The van der Waals surface area contributed by atoms with Crippen LogP contribution in [0.4, 0.5) is 5.69 Å². The Morgan fingerprint density at radius 2 is 2.25 bits per heavy atom. The van der Waals surface area contributed by atoms with Crippen molar-refractivity contribution >= 4 is 33.0 Å². The lowest BCUT2D eigenvalue weighted by molar-refractivity contribution is 0.502. The molecule has 2 nitrogen and oxygen atoms in total. The Morgan fingerprint density at radius 3 is 3.00 bits per heavy atom. The molecule has 2 heterocycles. The molecule has 2 aromatic rings. The van der Waals surface area contributed by atoms with E-state index in [0.717, 1.165) is 19.6 Å². The van der Waals surface area contributed by atoms with Gasteiger partial charge in [-0.25, -0.2) is 0 Å². The van der Waals surface area contributed by atoms with Crippen molar-refractivity contribution in [1.29, 1.82) is 0 Å². The Hall–Kier alpha value is -0.840. The standard InChI is InChI=1S/C16H19BrN2S/c1-2-14-9-19(10-15-7-13(17)11-20-15)16-6-4-3-5-12(16)8-18-14/h3-7,11,14,18H,2,8-10H2,1H3. The van der Waals surface area contributed by atoms with E-state index in [2.05, 4.69) is 68.8 Å². The molecule has 0 saturated carbocycles. The third kappa shape index (κ3) is 3.08. The first-order valence-corrected chi connectivity index (χ1v) is 8.72. The third-order valence-electron chi connectivity index (χ3n) is 3.82. The van der Waals surface area contributed by atoms with E-state index in [0.29, 0.717) is 6.04 Å². The van der Waals surface area contributed by atoms with Crippen LogP contribution < -0.4 is 10.2 Å². The van der Waals surface area contributed by atoms with E-state index in [1.165, 1.54) is 27.0 Å². The molecule has 106 valence electrons. The van der Waals surface area contributed by atoms with Crippen molar-refractivity contribution in [3.8, 4) is 0 Å². The van der Waals surface area contributed by atoms with Crippen molar-refractivity contribution in [3.63, 3.8) is 0 Å². The monoisotopic (exact) mass is 350 g/mol. The molecule has 1 aliphatic heterocycles. The molecule has 0 radical (unpaired) electrons. The zero-order valence-electron chi connectivity index (χ0n) is 11.6. The van der Waals surface area contributed by atoms with Gasteiger partial charge in [0.25, 0.3) is 0 Å². The van der Waals surface area contributed by atoms with Gasteiger partial charge in [0.05, 0.1) is 6.54 Å². The maximum absolute atomic E-state index is 3.66. The molecule has 0 aliphatic carbocycles. The number of hydrogen-bond acceptors (Lipinski definition) is 3. The second-order valence-electron chi connectivity index (χ2n) is 5.23. The predicted octanol–water partition coefficient (Wildman–Crippen LogP) is 4.40. The topological polar surface area (TPSA) is 15.3 Å². The lowest BCUT2D eigenvalue weighted by atomic mass is 10.1. The van der Waals surface area contributed by atoms with Crippen LogP contribution in [-0.4, -0.2) is 12.6 Å². The SMILES string of the molecule is CCC1CN(Cc2cc(Br)cs2)c2ccccc2CN1. The van der Waals surface area contributed by atoms with Gasteiger partial charge in [0.2, 0.25) is 0 Å². The Morgan fingerprint density at radius 1 is 1.40 bits per heavy atom. The normalized spacial score (nSPS) is 18.7. The summed E-state index contributed by atoms with van der Waals surface area (Å²) in [5.74, 6) is 0. The molecule has 1 aliphatic rings. The second kappa shape index (κ2) is 6.29. The highest BCUT2D eigenvalue weighted by molar-refractivity contribution is 9.10. The van der Waals surface area contributed by atoms with Crippen LogP contribution in [0.5, 0.6) is 0 Å². The molecule has 1 N–H and O–H groups in total. The highest BCUT2D eigenvalue weighted by atomic mass is 79.9. The van der Waals surface area contributed by atoms with Gasteiger partial charge < -0.3 is 10.2 Å². The van der Waals surface area contributed by atoms with Crippen LogP contribution in [0.3, 0.4) is 0 Å². The molecule has 3 rings (SSSR count). The number of hydrogen-bond donors (Lipinski definition) is 1. The fourth-order valence-electron chi connectivity index (χ4n) is 2.70. The van der Waals surface area contributed by atoms with Gasteiger partial charge in [-0.05, 0) is 40.0 Å². The Balaban J connectivity index is 1.89. The number of benzene rings is 1. The predicted molar refractivity (Wildman–Crippen MR) is 90.4 cm³/mol. The number of thiophene rings is 1. The molecule has 4 heteroatoms. The number of nitrogens with zero attached hydrogens (tertiary/aromatic N) is 1. The molecular formula is C16H19BrN2S. The van der Waals surface area contributed by atoms with Crippen molar-refractivity contribution in [2.24, 2.45) is 0 Å². The summed E-state index contributed by atoms with van der Waals surface area (Å²) in [4.78, 5) is 3.92. The van der Waals surface area contributed by atoms with E-state index < -0.39 is 0 Å². The molecule has 20 heavy (non-hydrogen) atoms. The molecular weight excluding hydrogens is 332 g/mol. The van der Waals surface area contributed by atoms with Crippen LogP contribution in [-0.2, 0) is 13.1 Å². The average Bonchev–Trinajstić information content (AvgIpc) is 2.79. The summed E-state index contributed by atoms with van der Waals surface area (Å²) in [6.45, 7) is 5.29. The van der Waals surface area contributed by atoms with Crippen LogP contribution in [0.2, 0.25) is 0 Å². The maximum atomic E-state index is 3.66.